The van der Waals surface area contributed by atoms with E-state index in [1.165, 1.54) is 11.8 Å². The molecule has 0 N–H and O–H groups in total. The highest BCUT2D eigenvalue weighted by Gasteiger charge is 2.38. The van der Waals surface area contributed by atoms with Crippen LogP contribution in [0, 0.1) is 0 Å². The molecular weight excluding hydrogens is 391 g/mol. The van der Waals surface area contributed by atoms with E-state index in [0.717, 1.165) is 6.20 Å². The lowest BCUT2D eigenvalue weighted by atomic mass is 10.2. The number of alkyl halides is 3. The molecule has 12 heteroatoms. The molecule has 0 radical (unpaired) electrons. The first-order chi connectivity index (χ1) is 14.0. The Morgan fingerprint density at radius 2 is 1.83 bits per heavy atom. The Morgan fingerprint density at radius 1 is 1.10 bits per heavy atom. The second-order valence-corrected chi connectivity index (χ2v) is 6.14. The molecule has 1 aromatic carbocycles. The number of tetrazole rings is 1. The number of anilines is 1. The van der Waals surface area contributed by atoms with Crippen LogP contribution in [-0.2, 0) is 10.9 Å². The smallest absolute Gasteiger partial charge is 0.434 e. The van der Waals surface area contributed by atoms with E-state index in [1.54, 1.807) is 29.2 Å². The quantitative estimate of drug-likeness (QED) is 0.649. The molecule has 1 saturated heterocycles. The van der Waals surface area contributed by atoms with E-state index in [1.807, 2.05) is 0 Å². The van der Waals surface area contributed by atoms with Gasteiger partial charge in [-0.05, 0) is 34.7 Å². The monoisotopic (exact) mass is 407 g/mol. The van der Waals surface area contributed by atoms with E-state index >= 15 is 0 Å². The van der Waals surface area contributed by atoms with Gasteiger partial charge in [0, 0.05) is 19.3 Å². The Kier molecular flexibility index (Phi) is 5.01. The van der Waals surface area contributed by atoms with Gasteiger partial charge in [0.25, 0.3) is 0 Å². The maximum Gasteiger partial charge on any atom is 0.434 e. The SMILES string of the molecule is COc1ccc(-n2nnnc2-c2cnc(N3CCOCC3)nc2C(F)(F)F)cc1. The number of aromatic nitrogens is 6. The van der Waals surface area contributed by atoms with E-state index in [-0.39, 0.29) is 17.3 Å². The standard InChI is InChI=1S/C17H16F3N7O2/c1-28-12-4-2-11(3-5-12)27-15(23-24-25-27)13-10-21-16(22-14(13)17(18,19)20)26-6-8-29-9-7-26/h2-5,10H,6-9H2,1H3. The summed E-state index contributed by atoms with van der Waals surface area (Å²) in [5.41, 5.74) is -0.940. The second-order valence-electron chi connectivity index (χ2n) is 6.14. The van der Waals surface area contributed by atoms with Crippen molar-refractivity contribution in [1.82, 2.24) is 30.2 Å². The molecule has 0 spiro atoms. The highest BCUT2D eigenvalue weighted by Crippen LogP contribution is 2.36. The van der Waals surface area contributed by atoms with Crippen molar-refractivity contribution in [2.45, 2.75) is 6.18 Å². The number of halogens is 3. The minimum atomic E-state index is -4.71. The van der Waals surface area contributed by atoms with E-state index < -0.39 is 11.9 Å². The molecule has 3 aromatic rings. The largest absolute Gasteiger partial charge is 0.497 e. The van der Waals surface area contributed by atoms with Gasteiger partial charge < -0.3 is 14.4 Å². The lowest BCUT2D eigenvalue weighted by Gasteiger charge is -2.27. The van der Waals surface area contributed by atoms with Crippen LogP contribution >= 0.6 is 0 Å². The van der Waals surface area contributed by atoms with Gasteiger partial charge in [-0.3, -0.25) is 0 Å². The zero-order valence-corrected chi connectivity index (χ0v) is 15.3. The first-order valence-electron chi connectivity index (χ1n) is 8.67. The fourth-order valence-electron chi connectivity index (χ4n) is 2.92. The van der Waals surface area contributed by atoms with Gasteiger partial charge in [-0.25, -0.2) is 9.97 Å². The third-order valence-corrected chi connectivity index (χ3v) is 4.37. The Morgan fingerprint density at radius 3 is 2.48 bits per heavy atom. The molecule has 29 heavy (non-hydrogen) atoms. The van der Waals surface area contributed by atoms with Crippen LogP contribution in [0.5, 0.6) is 5.75 Å². The van der Waals surface area contributed by atoms with Gasteiger partial charge in [0.2, 0.25) is 5.95 Å². The minimum Gasteiger partial charge on any atom is -0.497 e. The third-order valence-electron chi connectivity index (χ3n) is 4.37. The van der Waals surface area contributed by atoms with E-state index in [0.29, 0.717) is 37.7 Å². The fourth-order valence-corrected chi connectivity index (χ4v) is 2.92. The van der Waals surface area contributed by atoms with Crippen molar-refractivity contribution in [2.24, 2.45) is 0 Å². The molecule has 152 valence electrons. The van der Waals surface area contributed by atoms with Gasteiger partial charge in [-0.15, -0.1) is 5.10 Å². The number of nitrogens with zero attached hydrogens (tertiary/aromatic N) is 7. The molecule has 2 aromatic heterocycles. The lowest BCUT2D eigenvalue weighted by molar-refractivity contribution is -0.140. The lowest BCUT2D eigenvalue weighted by Crippen LogP contribution is -2.37. The molecule has 1 aliphatic heterocycles. The van der Waals surface area contributed by atoms with Crippen molar-refractivity contribution in [3.05, 3.63) is 36.2 Å². The van der Waals surface area contributed by atoms with Crippen molar-refractivity contribution in [3.8, 4) is 22.8 Å². The Balaban J connectivity index is 1.78. The predicted molar refractivity (Wildman–Crippen MR) is 94.8 cm³/mol. The number of hydrogen-bond donors (Lipinski definition) is 0. The summed E-state index contributed by atoms with van der Waals surface area (Å²) < 4.78 is 52.9. The number of hydrogen-bond acceptors (Lipinski definition) is 8. The summed E-state index contributed by atoms with van der Waals surface area (Å²) in [5.74, 6) is 0.474. The van der Waals surface area contributed by atoms with Crippen LogP contribution in [0.3, 0.4) is 0 Å². The van der Waals surface area contributed by atoms with Gasteiger partial charge in [0.05, 0.1) is 31.6 Å². The van der Waals surface area contributed by atoms with E-state index in [2.05, 4.69) is 25.5 Å². The van der Waals surface area contributed by atoms with Gasteiger partial charge in [-0.2, -0.15) is 17.9 Å². The zero-order chi connectivity index (χ0) is 20.4. The number of methoxy groups -OCH3 is 1. The van der Waals surface area contributed by atoms with Gasteiger partial charge >= 0.3 is 6.18 Å². The number of ether oxygens (including phenoxy) is 2. The summed E-state index contributed by atoms with van der Waals surface area (Å²) in [6, 6.07) is 6.58. The van der Waals surface area contributed by atoms with Gasteiger partial charge in [-0.1, -0.05) is 0 Å². The molecule has 4 rings (SSSR count). The highest BCUT2D eigenvalue weighted by atomic mass is 19.4. The van der Waals surface area contributed by atoms with Crippen molar-refractivity contribution >= 4 is 5.95 Å². The first kappa shape index (κ1) is 19.1. The topological polar surface area (TPSA) is 91.1 Å². The summed E-state index contributed by atoms with van der Waals surface area (Å²) in [5, 5.41) is 11.1. The van der Waals surface area contributed by atoms with Crippen molar-refractivity contribution in [3.63, 3.8) is 0 Å². The highest BCUT2D eigenvalue weighted by molar-refractivity contribution is 5.61. The van der Waals surface area contributed by atoms with Crippen LogP contribution in [-0.4, -0.2) is 63.6 Å². The van der Waals surface area contributed by atoms with Crippen LogP contribution in [0.2, 0.25) is 0 Å². The second kappa shape index (κ2) is 7.62. The van der Waals surface area contributed by atoms with Crippen LogP contribution in [0.25, 0.3) is 17.1 Å². The van der Waals surface area contributed by atoms with Gasteiger partial charge in [0.1, 0.15) is 5.75 Å². The molecule has 0 unspecified atom stereocenters. The van der Waals surface area contributed by atoms with Crippen LogP contribution in [0.4, 0.5) is 19.1 Å². The molecule has 1 aliphatic rings. The molecule has 0 atom stereocenters. The van der Waals surface area contributed by atoms with Crippen LogP contribution in [0.1, 0.15) is 5.69 Å². The number of benzene rings is 1. The average Bonchev–Trinajstić information content (AvgIpc) is 3.23. The van der Waals surface area contributed by atoms with Crippen molar-refractivity contribution < 1.29 is 22.6 Å². The predicted octanol–water partition coefficient (Wildman–Crippen LogP) is 1.98. The van der Waals surface area contributed by atoms with E-state index in [4.69, 9.17) is 9.47 Å². The maximum absolute atomic E-state index is 13.8. The number of rotatable bonds is 4. The Labute approximate surface area is 163 Å². The third kappa shape index (κ3) is 3.83. The molecule has 3 heterocycles. The summed E-state index contributed by atoms with van der Waals surface area (Å²) in [4.78, 5) is 9.56. The average molecular weight is 407 g/mol. The molecule has 0 amide bonds. The Hall–Kier alpha value is -3.28. The summed E-state index contributed by atoms with van der Waals surface area (Å²) in [6.45, 7) is 1.64. The molecule has 9 nitrogen and oxygen atoms in total. The Bertz CT molecular complexity index is 985. The van der Waals surface area contributed by atoms with Gasteiger partial charge in [0.15, 0.2) is 11.5 Å². The van der Waals surface area contributed by atoms with Crippen LogP contribution in [0.15, 0.2) is 30.5 Å². The van der Waals surface area contributed by atoms with Crippen LogP contribution < -0.4 is 9.64 Å². The molecule has 0 bridgehead atoms. The zero-order valence-electron chi connectivity index (χ0n) is 15.3. The van der Waals surface area contributed by atoms with E-state index in [9.17, 15) is 13.2 Å². The summed E-state index contributed by atoms with van der Waals surface area (Å²) in [7, 11) is 1.51. The molecular formula is C17H16F3N7O2. The van der Waals surface area contributed by atoms with Crippen molar-refractivity contribution in [1.29, 1.82) is 0 Å². The maximum atomic E-state index is 13.8. The first-order valence-corrected chi connectivity index (χ1v) is 8.67. The molecule has 0 aliphatic carbocycles. The molecule has 0 saturated carbocycles. The molecule has 1 fully saturated rings. The fraction of sp³-hybridized carbons (Fsp3) is 0.353. The summed E-state index contributed by atoms with van der Waals surface area (Å²) >= 11 is 0. The summed E-state index contributed by atoms with van der Waals surface area (Å²) in [6.07, 6.45) is -3.61. The normalized spacial score (nSPS) is 14.8. The number of morpholine rings is 1. The van der Waals surface area contributed by atoms with Crippen molar-refractivity contribution in [2.75, 3.05) is 38.3 Å². The minimum absolute atomic E-state index is 0.00662.